The Morgan fingerprint density at radius 2 is 1.48 bits per heavy atom. The number of benzene rings is 1. The van der Waals surface area contributed by atoms with E-state index < -0.39 is 23.9 Å². The van der Waals surface area contributed by atoms with E-state index in [2.05, 4.69) is 9.47 Å². The van der Waals surface area contributed by atoms with Crippen LogP contribution in [0.25, 0.3) is 0 Å². The Hall–Kier alpha value is -2.96. The maximum Gasteiger partial charge on any atom is 0.331 e. The van der Waals surface area contributed by atoms with Crippen molar-refractivity contribution in [2.24, 2.45) is 0 Å². The van der Waals surface area contributed by atoms with Crippen molar-refractivity contribution in [3.63, 3.8) is 0 Å². The Morgan fingerprint density at radius 3 is 2.12 bits per heavy atom. The largest absolute Gasteiger partial charge is 0.463 e. The molecule has 0 heterocycles. The third kappa shape index (κ3) is 9.70. The fourth-order valence-electron chi connectivity index (χ4n) is 1.73. The second-order valence-corrected chi connectivity index (χ2v) is 4.83. The molecular formula is C18H20O7. The molecule has 0 aliphatic heterocycles. The molecule has 1 rings (SSSR count). The second kappa shape index (κ2) is 11.6. The van der Waals surface area contributed by atoms with E-state index in [0.717, 1.165) is 17.7 Å². The first-order valence-electron chi connectivity index (χ1n) is 7.80. The average molecular weight is 348 g/mol. The number of hydrogen-bond donors (Lipinski definition) is 0. The van der Waals surface area contributed by atoms with Gasteiger partial charge in [-0.25, -0.2) is 9.59 Å². The summed E-state index contributed by atoms with van der Waals surface area (Å²) in [6.45, 7) is 1.58. The smallest absolute Gasteiger partial charge is 0.331 e. The number of carbonyl (C=O) groups is 4. The van der Waals surface area contributed by atoms with Crippen LogP contribution in [0, 0.1) is 0 Å². The molecule has 7 nitrogen and oxygen atoms in total. The van der Waals surface area contributed by atoms with Crippen molar-refractivity contribution in [2.75, 3.05) is 13.2 Å². The first-order chi connectivity index (χ1) is 12.0. The molecular weight excluding hydrogens is 328 g/mol. The van der Waals surface area contributed by atoms with E-state index in [0.29, 0.717) is 6.42 Å². The topological polar surface area (TPSA) is 96.0 Å². The molecule has 1 aromatic carbocycles. The Bertz CT molecular complexity index is 620. The molecule has 0 aliphatic carbocycles. The second-order valence-electron chi connectivity index (χ2n) is 4.83. The minimum absolute atomic E-state index is 0.0812. The van der Waals surface area contributed by atoms with Gasteiger partial charge in [0.25, 0.3) is 0 Å². The molecule has 0 spiro atoms. The van der Waals surface area contributed by atoms with Crippen LogP contribution in [-0.4, -0.2) is 37.1 Å². The van der Waals surface area contributed by atoms with Gasteiger partial charge in [-0.2, -0.15) is 0 Å². The monoisotopic (exact) mass is 348 g/mol. The molecule has 7 heteroatoms. The van der Waals surface area contributed by atoms with E-state index in [1.807, 2.05) is 30.3 Å². The van der Waals surface area contributed by atoms with Gasteiger partial charge in [0.05, 0.1) is 19.4 Å². The molecule has 0 bridgehead atoms. The molecule has 0 amide bonds. The lowest BCUT2D eigenvalue weighted by Crippen LogP contribution is -2.15. The SMILES string of the molecule is CCOC(=O)/C=C/C(=O)OCCC(=O)OC(=O)CCc1ccccc1. The van der Waals surface area contributed by atoms with Crippen LogP contribution in [0.4, 0.5) is 0 Å². The summed E-state index contributed by atoms with van der Waals surface area (Å²) in [6, 6.07) is 9.33. The van der Waals surface area contributed by atoms with Crippen molar-refractivity contribution in [1.29, 1.82) is 0 Å². The van der Waals surface area contributed by atoms with Gasteiger partial charge >= 0.3 is 23.9 Å². The lowest BCUT2D eigenvalue weighted by Gasteiger charge is -2.04. The summed E-state index contributed by atoms with van der Waals surface area (Å²) >= 11 is 0. The van der Waals surface area contributed by atoms with Gasteiger partial charge in [0.1, 0.15) is 6.61 Å². The van der Waals surface area contributed by atoms with Gasteiger partial charge in [-0.15, -0.1) is 0 Å². The van der Waals surface area contributed by atoms with Gasteiger partial charge < -0.3 is 14.2 Å². The van der Waals surface area contributed by atoms with Gasteiger partial charge in [-0.1, -0.05) is 30.3 Å². The molecule has 0 radical (unpaired) electrons. The minimum Gasteiger partial charge on any atom is -0.463 e. The molecule has 0 aromatic heterocycles. The quantitative estimate of drug-likeness (QED) is 0.290. The Labute approximate surface area is 145 Å². The fourth-order valence-corrected chi connectivity index (χ4v) is 1.73. The first-order valence-corrected chi connectivity index (χ1v) is 7.80. The zero-order valence-electron chi connectivity index (χ0n) is 13.9. The van der Waals surface area contributed by atoms with Crippen LogP contribution in [0.2, 0.25) is 0 Å². The number of hydrogen-bond acceptors (Lipinski definition) is 7. The van der Waals surface area contributed by atoms with Crippen LogP contribution in [-0.2, 0) is 39.8 Å². The van der Waals surface area contributed by atoms with Crippen molar-refractivity contribution < 1.29 is 33.4 Å². The predicted molar refractivity (Wildman–Crippen MR) is 87.2 cm³/mol. The van der Waals surface area contributed by atoms with Gasteiger partial charge in [0.2, 0.25) is 0 Å². The van der Waals surface area contributed by atoms with Gasteiger partial charge in [0.15, 0.2) is 0 Å². The normalized spacial score (nSPS) is 10.3. The lowest BCUT2D eigenvalue weighted by atomic mass is 10.1. The molecule has 0 N–H and O–H groups in total. The molecule has 0 saturated heterocycles. The van der Waals surface area contributed by atoms with E-state index in [4.69, 9.17) is 4.74 Å². The summed E-state index contributed by atoms with van der Waals surface area (Å²) in [5, 5.41) is 0. The molecule has 1 aromatic rings. The maximum absolute atomic E-state index is 11.5. The van der Waals surface area contributed by atoms with Crippen molar-refractivity contribution in [3.8, 4) is 0 Å². The number of esters is 4. The highest BCUT2D eigenvalue weighted by Crippen LogP contribution is 2.04. The maximum atomic E-state index is 11.5. The average Bonchev–Trinajstić information content (AvgIpc) is 2.59. The standard InChI is InChI=1S/C18H20O7/c1-2-23-15(19)10-11-16(20)24-13-12-18(22)25-17(21)9-8-14-6-4-3-5-7-14/h3-7,10-11H,2,8-9,12-13H2,1H3/b11-10+. The van der Waals surface area contributed by atoms with Crippen LogP contribution < -0.4 is 0 Å². The molecule has 0 unspecified atom stereocenters. The van der Waals surface area contributed by atoms with Crippen LogP contribution in [0.5, 0.6) is 0 Å². The van der Waals surface area contributed by atoms with Crippen molar-refractivity contribution >= 4 is 23.9 Å². The summed E-state index contributed by atoms with van der Waals surface area (Å²) in [5.74, 6) is -2.87. The number of ether oxygens (including phenoxy) is 3. The summed E-state index contributed by atoms with van der Waals surface area (Å²) in [5.41, 5.74) is 0.967. The van der Waals surface area contributed by atoms with E-state index in [-0.39, 0.29) is 26.1 Å². The van der Waals surface area contributed by atoms with Gasteiger partial charge in [-0.3, -0.25) is 9.59 Å². The van der Waals surface area contributed by atoms with Crippen molar-refractivity contribution in [1.82, 2.24) is 0 Å². The predicted octanol–water partition coefficient (Wildman–Crippen LogP) is 1.74. The summed E-state index contributed by atoms with van der Waals surface area (Å²) < 4.78 is 13.9. The minimum atomic E-state index is -0.795. The van der Waals surface area contributed by atoms with Gasteiger partial charge in [0, 0.05) is 12.2 Å². The van der Waals surface area contributed by atoms with Crippen LogP contribution in [0.15, 0.2) is 42.5 Å². The lowest BCUT2D eigenvalue weighted by molar-refractivity contribution is -0.160. The summed E-state index contributed by atoms with van der Waals surface area (Å²) in [6.07, 6.45) is 2.13. The Balaban J connectivity index is 2.18. The van der Waals surface area contributed by atoms with Crippen LogP contribution in [0.1, 0.15) is 25.3 Å². The molecule has 0 saturated carbocycles. The number of rotatable bonds is 9. The highest BCUT2D eigenvalue weighted by atomic mass is 16.6. The molecule has 25 heavy (non-hydrogen) atoms. The first kappa shape index (κ1) is 20.1. The third-order valence-corrected chi connectivity index (χ3v) is 2.88. The number of carbonyl (C=O) groups excluding carboxylic acids is 4. The molecule has 0 fully saturated rings. The van der Waals surface area contributed by atoms with Gasteiger partial charge in [-0.05, 0) is 18.9 Å². The van der Waals surface area contributed by atoms with E-state index in [1.54, 1.807) is 6.92 Å². The van der Waals surface area contributed by atoms with Crippen molar-refractivity contribution in [3.05, 3.63) is 48.0 Å². The summed E-state index contributed by atoms with van der Waals surface area (Å²) in [7, 11) is 0. The van der Waals surface area contributed by atoms with E-state index >= 15 is 0 Å². The van der Waals surface area contributed by atoms with Crippen LogP contribution >= 0.6 is 0 Å². The Morgan fingerprint density at radius 1 is 0.880 bits per heavy atom. The van der Waals surface area contributed by atoms with E-state index in [9.17, 15) is 19.2 Å². The zero-order chi connectivity index (χ0) is 18.5. The number of aryl methyl sites for hydroxylation is 1. The fraction of sp³-hybridized carbons (Fsp3) is 0.333. The van der Waals surface area contributed by atoms with Crippen LogP contribution in [0.3, 0.4) is 0 Å². The molecule has 134 valence electrons. The zero-order valence-corrected chi connectivity index (χ0v) is 13.9. The Kier molecular flexibility index (Phi) is 9.28. The summed E-state index contributed by atoms with van der Waals surface area (Å²) in [4.78, 5) is 45.3. The highest BCUT2D eigenvalue weighted by Gasteiger charge is 2.11. The third-order valence-electron chi connectivity index (χ3n) is 2.88. The molecule has 0 atom stereocenters. The van der Waals surface area contributed by atoms with E-state index in [1.165, 1.54) is 0 Å². The van der Waals surface area contributed by atoms with Crippen molar-refractivity contribution in [2.45, 2.75) is 26.2 Å². The molecule has 0 aliphatic rings. The highest BCUT2D eigenvalue weighted by molar-refractivity contribution is 5.91.